The van der Waals surface area contributed by atoms with E-state index in [1.165, 1.54) is 24.1 Å². The van der Waals surface area contributed by atoms with Crippen LogP contribution in [0.4, 0.5) is 0 Å². The number of hydrogen-bond acceptors (Lipinski definition) is 3. The second-order valence-corrected chi connectivity index (χ2v) is 5.60. The third kappa shape index (κ3) is 2.80. The molecule has 0 fully saturated rings. The summed E-state index contributed by atoms with van der Waals surface area (Å²) in [6, 6.07) is 5.63. The van der Waals surface area contributed by atoms with Crippen LogP contribution in [0.15, 0.2) is 18.2 Å². The summed E-state index contributed by atoms with van der Waals surface area (Å²) in [5, 5.41) is 21.8. The van der Waals surface area contributed by atoms with Gasteiger partial charge in [0.1, 0.15) is 0 Å². The molecule has 0 radical (unpaired) electrons. The molecule has 5 heteroatoms. The fourth-order valence-electron chi connectivity index (χ4n) is 2.92. The molecular weight excluding hydrogens is 268 g/mol. The van der Waals surface area contributed by atoms with Crippen molar-refractivity contribution in [2.45, 2.75) is 31.8 Å². The predicted molar refractivity (Wildman–Crippen MR) is 80.4 cm³/mol. The van der Waals surface area contributed by atoms with E-state index in [9.17, 15) is 9.90 Å². The summed E-state index contributed by atoms with van der Waals surface area (Å²) in [7, 11) is 0. The fraction of sp³-hybridized carbons (Fsp3) is 0.438. The van der Waals surface area contributed by atoms with Gasteiger partial charge in [0.05, 0.1) is 12.7 Å². The van der Waals surface area contributed by atoms with Gasteiger partial charge in [0, 0.05) is 28.7 Å². The molecule has 0 aliphatic heterocycles. The van der Waals surface area contributed by atoms with Gasteiger partial charge in [-0.05, 0) is 49.4 Å². The minimum absolute atomic E-state index is 0.0542. The summed E-state index contributed by atoms with van der Waals surface area (Å²) in [6.07, 6.45) is 3.63. The van der Waals surface area contributed by atoms with E-state index in [0.29, 0.717) is 5.56 Å². The molecular formula is C16H20N2O3. The summed E-state index contributed by atoms with van der Waals surface area (Å²) in [5.41, 5.74) is 4.29. The standard InChI is InChI=1S/C16H20N2O3/c19-9-11(20)8-17-16(21)10-5-6-15-13(7-10)12-3-1-2-4-14(12)18-15/h5-7,11,18-20H,1-4,8-9H2,(H,17,21)/t11-/m1/s1. The zero-order chi connectivity index (χ0) is 14.8. The maximum absolute atomic E-state index is 12.1. The molecule has 21 heavy (non-hydrogen) atoms. The molecule has 5 nitrogen and oxygen atoms in total. The maximum atomic E-state index is 12.1. The summed E-state index contributed by atoms with van der Waals surface area (Å²) < 4.78 is 0. The number of aliphatic hydroxyl groups excluding tert-OH is 2. The molecule has 3 rings (SSSR count). The smallest absolute Gasteiger partial charge is 0.251 e. The first-order valence-corrected chi connectivity index (χ1v) is 7.39. The van der Waals surface area contributed by atoms with E-state index in [-0.39, 0.29) is 19.1 Å². The lowest BCUT2D eigenvalue weighted by Gasteiger charge is -2.11. The summed E-state index contributed by atoms with van der Waals surface area (Å²) in [5.74, 6) is -0.227. The van der Waals surface area contributed by atoms with Gasteiger partial charge < -0.3 is 20.5 Å². The maximum Gasteiger partial charge on any atom is 0.251 e. The Morgan fingerprint density at radius 2 is 2.14 bits per heavy atom. The predicted octanol–water partition coefficient (Wildman–Crippen LogP) is 1.13. The van der Waals surface area contributed by atoms with E-state index in [2.05, 4.69) is 10.3 Å². The highest BCUT2D eigenvalue weighted by molar-refractivity contribution is 5.99. The number of aromatic amines is 1. The van der Waals surface area contributed by atoms with Gasteiger partial charge in [-0.2, -0.15) is 0 Å². The molecule has 0 bridgehead atoms. The number of hydrogen-bond donors (Lipinski definition) is 4. The van der Waals surface area contributed by atoms with Crippen molar-refractivity contribution in [3.63, 3.8) is 0 Å². The third-order valence-electron chi connectivity index (χ3n) is 4.07. The largest absolute Gasteiger partial charge is 0.394 e. The van der Waals surface area contributed by atoms with E-state index >= 15 is 0 Å². The van der Waals surface area contributed by atoms with E-state index in [1.54, 1.807) is 6.07 Å². The Bertz CT molecular complexity index is 663. The Balaban J connectivity index is 1.85. The monoisotopic (exact) mass is 288 g/mol. The SMILES string of the molecule is O=C(NC[C@@H](O)CO)c1ccc2[nH]c3c(c2c1)CCCC3. The lowest BCUT2D eigenvalue weighted by atomic mass is 9.95. The van der Waals surface area contributed by atoms with Gasteiger partial charge in [0.2, 0.25) is 0 Å². The third-order valence-corrected chi connectivity index (χ3v) is 4.07. The first-order chi connectivity index (χ1) is 10.2. The van der Waals surface area contributed by atoms with Crippen LogP contribution >= 0.6 is 0 Å². The van der Waals surface area contributed by atoms with Gasteiger partial charge in [0.25, 0.3) is 5.91 Å². The highest BCUT2D eigenvalue weighted by atomic mass is 16.3. The molecule has 4 N–H and O–H groups in total. The van der Waals surface area contributed by atoms with Crippen molar-refractivity contribution < 1.29 is 15.0 Å². The van der Waals surface area contributed by atoms with Gasteiger partial charge in [-0.1, -0.05) is 0 Å². The quantitative estimate of drug-likeness (QED) is 0.680. The number of carbonyl (C=O) groups excluding carboxylic acids is 1. The number of fused-ring (bicyclic) bond motifs is 3. The number of aromatic nitrogens is 1. The van der Waals surface area contributed by atoms with Crippen LogP contribution in [-0.2, 0) is 12.8 Å². The molecule has 0 saturated heterocycles. The Morgan fingerprint density at radius 1 is 1.33 bits per heavy atom. The fourth-order valence-corrected chi connectivity index (χ4v) is 2.92. The van der Waals surface area contributed by atoms with Crippen molar-refractivity contribution in [1.82, 2.24) is 10.3 Å². The van der Waals surface area contributed by atoms with Crippen molar-refractivity contribution in [2.75, 3.05) is 13.2 Å². The van der Waals surface area contributed by atoms with Crippen LogP contribution in [0, 0.1) is 0 Å². The van der Waals surface area contributed by atoms with Crippen LogP contribution in [0.3, 0.4) is 0 Å². The molecule has 0 unspecified atom stereocenters. The van der Waals surface area contributed by atoms with Gasteiger partial charge >= 0.3 is 0 Å². The van der Waals surface area contributed by atoms with E-state index in [0.717, 1.165) is 23.7 Å². The van der Waals surface area contributed by atoms with Crippen molar-refractivity contribution >= 4 is 16.8 Å². The zero-order valence-corrected chi connectivity index (χ0v) is 11.9. The van der Waals surface area contributed by atoms with E-state index < -0.39 is 6.10 Å². The molecule has 1 aliphatic rings. The first-order valence-electron chi connectivity index (χ1n) is 7.39. The molecule has 1 aliphatic carbocycles. The average Bonchev–Trinajstić information content (AvgIpc) is 2.90. The average molecular weight is 288 g/mol. The van der Waals surface area contributed by atoms with Crippen LogP contribution in [0.1, 0.15) is 34.5 Å². The summed E-state index contributed by atoms with van der Waals surface area (Å²) >= 11 is 0. The number of carbonyl (C=O) groups is 1. The second-order valence-electron chi connectivity index (χ2n) is 5.60. The van der Waals surface area contributed by atoms with Crippen LogP contribution in [-0.4, -0.2) is 40.4 Å². The molecule has 1 heterocycles. The Kier molecular flexibility index (Phi) is 3.94. The van der Waals surface area contributed by atoms with Gasteiger partial charge in [-0.3, -0.25) is 4.79 Å². The molecule has 1 atom stereocenters. The Morgan fingerprint density at radius 3 is 2.95 bits per heavy atom. The molecule has 0 saturated carbocycles. The highest BCUT2D eigenvalue weighted by Crippen LogP contribution is 2.29. The Hall–Kier alpha value is -1.85. The molecule has 1 aromatic carbocycles. The van der Waals surface area contributed by atoms with Crippen molar-refractivity contribution in [1.29, 1.82) is 0 Å². The highest BCUT2D eigenvalue weighted by Gasteiger charge is 2.17. The zero-order valence-electron chi connectivity index (χ0n) is 11.9. The molecule has 2 aromatic rings. The lowest BCUT2D eigenvalue weighted by Crippen LogP contribution is -2.33. The number of benzene rings is 1. The van der Waals surface area contributed by atoms with Gasteiger partial charge in [-0.15, -0.1) is 0 Å². The number of nitrogens with one attached hydrogen (secondary N) is 2. The minimum atomic E-state index is -0.919. The Labute approximate surface area is 123 Å². The number of H-pyrrole nitrogens is 1. The molecule has 0 spiro atoms. The van der Waals surface area contributed by atoms with Crippen LogP contribution in [0.25, 0.3) is 10.9 Å². The van der Waals surface area contributed by atoms with Gasteiger partial charge in [0.15, 0.2) is 0 Å². The van der Waals surface area contributed by atoms with E-state index in [1.807, 2.05) is 12.1 Å². The lowest BCUT2D eigenvalue weighted by molar-refractivity contribution is 0.0802. The summed E-state index contributed by atoms with van der Waals surface area (Å²) in [4.78, 5) is 15.5. The first kappa shape index (κ1) is 14.1. The topological polar surface area (TPSA) is 85.3 Å². The van der Waals surface area contributed by atoms with Crippen molar-refractivity contribution in [3.8, 4) is 0 Å². The van der Waals surface area contributed by atoms with Crippen LogP contribution in [0.2, 0.25) is 0 Å². The molecule has 112 valence electrons. The molecule has 1 amide bonds. The summed E-state index contributed by atoms with van der Waals surface area (Å²) in [6.45, 7) is -0.302. The second kappa shape index (κ2) is 5.87. The normalized spacial score (nSPS) is 15.7. The number of rotatable bonds is 4. The minimum Gasteiger partial charge on any atom is -0.394 e. The molecule has 1 aromatic heterocycles. The van der Waals surface area contributed by atoms with Crippen LogP contribution < -0.4 is 5.32 Å². The van der Waals surface area contributed by atoms with Crippen molar-refractivity contribution in [2.24, 2.45) is 0 Å². The van der Waals surface area contributed by atoms with Crippen molar-refractivity contribution in [3.05, 3.63) is 35.0 Å². The number of amides is 1. The number of aliphatic hydroxyl groups is 2. The number of aryl methyl sites for hydroxylation is 2. The van der Waals surface area contributed by atoms with E-state index in [4.69, 9.17) is 5.11 Å². The van der Waals surface area contributed by atoms with Crippen LogP contribution in [0.5, 0.6) is 0 Å². The van der Waals surface area contributed by atoms with Gasteiger partial charge in [-0.25, -0.2) is 0 Å².